The van der Waals surface area contributed by atoms with E-state index < -0.39 is 17.9 Å². The van der Waals surface area contributed by atoms with Crippen molar-refractivity contribution < 1.29 is 39.9 Å². The second-order valence-corrected chi connectivity index (χ2v) is 3.13. The van der Waals surface area contributed by atoms with Gasteiger partial charge < -0.3 is 25.5 Å². The second-order valence-electron chi connectivity index (χ2n) is 3.13. The van der Waals surface area contributed by atoms with Gasteiger partial charge in [0, 0.05) is 12.2 Å². The lowest BCUT2D eigenvalue weighted by atomic mass is 10.2. The Morgan fingerprint density at radius 1 is 0.810 bits per heavy atom. The molecule has 0 heterocycles. The van der Waals surface area contributed by atoms with Crippen molar-refractivity contribution in [2.45, 2.75) is 0 Å². The standard InChI is InChI=1S/C7H6O2.C4H4O4.C2H6O2/c8-7(9)6-4-2-1-3-5-6;5-3(6)1-2-4(7)8;3-1-2-4/h1-5H,(H,8,9);1-2H,(H,5,6)(H,7,8);3-4H,1-2H2/b;2-1-;. The molecule has 8 heteroatoms. The molecule has 0 bridgehead atoms. The first-order valence-electron chi connectivity index (χ1n) is 5.49. The number of hydrogen-bond donors (Lipinski definition) is 5. The zero-order valence-corrected chi connectivity index (χ0v) is 10.9. The Labute approximate surface area is 120 Å². The van der Waals surface area contributed by atoms with Crippen LogP contribution in [0.1, 0.15) is 10.4 Å². The number of carbonyl (C=O) groups is 3. The van der Waals surface area contributed by atoms with Crippen LogP contribution in [0.15, 0.2) is 42.5 Å². The average molecular weight is 300 g/mol. The van der Waals surface area contributed by atoms with E-state index in [0.717, 1.165) is 0 Å². The maximum atomic E-state index is 10.2. The van der Waals surface area contributed by atoms with Gasteiger partial charge in [-0.25, -0.2) is 14.4 Å². The Balaban J connectivity index is 0. The molecule has 0 radical (unpaired) electrons. The first kappa shape index (κ1) is 20.6. The van der Waals surface area contributed by atoms with E-state index >= 15 is 0 Å². The lowest BCUT2D eigenvalue weighted by Gasteiger charge is -1.88. The molecule has 0 fully saturated rings. The van der Waals surface area contributed by atoms with Crippen molar-refractivity contribution in [2.75, 3.05) is 13.2 Å². The Morgan fingerprint density at radius 2 is 1.19 bits per heavy atom. The lowest BCUT2D eigenvalue weighted by Crippen LogP contribution is -1.93. The van der Waals surface area contributed by atoms with Gasteiger partial charge in [0.1, 0.15) is 0 Å². The number of benzene rings is 1. The van der Waals surface area contributed by atoms with Crippen molar-refractivity contribution in [2.24, 2.45) is 0 Å². The van der Waals surface area contributed by atoms with Crippen LogP contribution >= 0.6 is 0 Å². The number of aliphatic hydroxyl groups is 2. The van der Waals surface area contributed by atoms with Crippen molar-refractivity contribution in [3.05, 3.63) is 48.0 Å². The van der Waals surface area contributed by atoms with Crippen LogP contribution in [-0.4, -0.2) is 56.7 Å². The molecule has 0 atom stereocenters. The van der Waals surface area contributed by atoms with Crippen molar-refractivity contribution >= 4 is 17.9 Å². The van der Waals surface area contributed by atoms with E-state index in [1.54, 1.807) is 30.3 Å². The molecule has 1 rings (SSSR count). The molecule has 116 valence electrons. The summed E-state index contributed by atoms with van der Waals surface area (Å²) in [7, 11) is 0. The highest BCUT2D eigenvalue weighted by Crippen LogP contribution is 1.96. The number of aliphatic carboxylic acids is 2. The van der Waals surface area contributed by atoms with Gasteiger partial charge in [0.2, 0.25) is 0 Å². The second kappa shape index (κ2) is 13.7. The zero-order valence-electron chi connectivity index (χ0n) is 10.9. The van der Waals surface area contributed by atoms with Crippen LogP contribution in [0.3, 0.4) is 0 Å². The van der Waals surface area contributed by atoms with Crippen LogP contribution in [0.4, 0.5) is 0 Å². The highest BCUT2D eigenvalue weighted by atomic mass is 16.4. The molecule has 21 heavy (non-hydrogen) atoms. The molecule has 5 N–H and O–H groups in total. The summed E-state index contributed by atoms with van der Waals surface area (Å²) in [4.78, 5) is 29.3. The van der Waals surface area contributed by atoms with Gasteiger partial charge in [0.05, 0.1) is 18.8 Å². The molecule has 0 saturated heterocycles. The topological polar surface area (TPSA) is 152 Å². The van der Waals surface area contributed by atoms with Gasteiger partial charge in [0.15, 0.2) is 0 Å². The van der Waals surface area contributed by atoms with Crippen LogP contribution < -0.4 is 0 Å². The number of rotatable bonds is 4. The predicted octanol–water partition coefficient (Wildman–Crippen LogP) is 0.0676. The molecule has 0 aliphatic carbocycles. The smallest absolute Gasteiger partial charge is 0.335 e. The third-order valence-corrected chi connectivity index (χ3v) is 1.49. The molecule has 0 aromatic heterocycles. The molecule has 0 saturated carbocycles. The minimum absolute atomic E-state index is 0.125. The van der Waals surface area contributed by atoms with E-state index in [1.165, 1.54) is 0 Å². The summed E-state index contributed by atoms with van der Waals surface area (Å²) in [6.07, 6.45) is 1.12. The quantitative estimate of drug-likeness (QED) is 0.490. The monoisotopic (exact) mass is 300 g/mol. The summed E-state index contributed by atoms with van der Waals surface area (Å²) in [5, 5.41) is 39.3. The van der Waals surface area contributed by atoms with E-state index in [4.69, 9.17) is 25.5 Å². The molecule has 0 spiro atoms. The van der Waals surface area contributed by atoms with Gasteiger partial charge >= 0.3 is 17.9 Å². The van der Waals surface area contributed by atoms with Crippen LogP contribution in [0, 0.1) is 0 Å². The number of carboxylic acids is 3. The lowest BCUT2D eigenvalue weighted by molar-refractivity contribution is -0.134. The molecule has 0 amide bonds. The van der Waals surface area contributed by atoms with Gasteiger partial charge in [0.25, 0.3) is 0 Å². The van der Waals surface area contributed by atoms with Gasteiger partial charge in [-0.1, -0.05) is 18.2 Å². The minimum atomic E-state index is -1.26. The molecule has 0 unspecified atom stereocenters. The summed E-state index contributed by atoms with van der Waals surface area (Å²) in [6, 6.07) is 8.30. The van der Waals surface area contributed by atoms with Crippen LogP contribution in [0.2, 0.25) is 0 Å². The largest absolute Gasteiger partial charge is 0.478 e. The molecular formula is C13H16O8. The molecule has 0 aliphatic rings. The fourth-order valence-electron chi connectivity index (χ4n) is 0.723. The predicted molar refractivity (Wildman–Crippen MR) is 72.0 cm³/mol. The van der Waals surface area contributed by atoms with Crippen LogP contribution in [-0.2, 0) is 9.59 Å². The van der Waals surface area contributed by atoms with Gasteiger partial charge in [-0.3, -0.25) is 0 Å². The van der Waals surface area contributed by atoms with Gasteiger partial charge in [-0.2, -0.15) is 0 Å². The maximum absolute atomic E-state index is 10.2. The summed E-state index contributed by atoms with van der Waals surface area (Å²) in [6.45, 7) is -0.250. The van der Waals surface area contributed by atoms with Gasteiger partial charge in [-0.05, 0) is 12.1 Å². The Kier molecular flexibility index (Phi) is 13.5. The molecule has 0 aliphatic heterocycles. The normalized spacial score (nSPS) is 8.86. The van der Waals surface area contributed by atoms with Crippen LogP contribution in [0.25, 0.3) is 0 Å². The zero-order chi connectivity index (χ0) is 16.7. The first-order valence-corrected chi connectivity index (χ1v) is 5.49. The van der Waals surface area contributed by atoms with Gasteiger partial charge in [-0.15, -0.1) is 0 Å². The van der Waals surface area contributed by atoms with Crippen molar-refractivity contribution in [1.29, 1.82) is 0 Å². The van der Waals surface area contributed by atoms with Crippen molar-refractivity contribution in [3.8, 4) is 0 Å². The molecule has 1 aromatic rings. The fourth-order valence-corrected chi connectivity index (χ4v) is 0.723. The summed E-state index contributed by atoms with van der Waals surface area (Å²) >= 11 is 0. The third-order valence-electron chi connectivity index (χ3n) is 1.49. The maximum Gasteiger partial charge on any atom is 0.335 e. The summed E-state index contributed by atoms with van der Waals surface area (Å²) in [5.74, 6) is -3.39. The van der Waals surface area contributed by atoms with E-state index in [-0.39, 0.29) is 13.2 Å². The highest BCUT2D eigenvalue weighted by molar-refractivity contribution is 5.89. The first-order chi connectivity index (χ1) is 9.84. The number of hydrogen-bond acceptors (Lipinski definition) is 5. The van der Waals surface area contributed by atoms with E-state index in [9.17, 15) is 14.4 Å². The third kappa shape index (κ3) is 17.3. The Bertz CT molecular complexity index is 434. The minimum Gasteiger partial charge on any atom is -0.478 e. The van der Waals surface area contributed by atoms with E-state index in [0.29, 0.717) is 17.7 Å². The average Bonchev–Trinajstić information content (AvgIpc) is 2.47. The fraction of sp³-hybridized carbons (Fsp3) is 0.154. The number of aromatic carboxylic acids is 1. The Hall–Kier alpha value is -2.71. The molecular weight excluding hydrogens is 284 g/mol. The van der Waals surface area contributed by atoms with E-state index in [2.05, 4.69) is 0 Å². The highest BCUT2D eigenvalue weighted by Gasteiger charge is 1.96. The Morgan fingerprint density at radius 3 is 1.38 bits per heavy atom. The van der Waals surface area contributed by atoms with E-state index in [1.807, 2.05) is 0 Å². The van der Waals surface area contributed by atoms with Crippen molar-refractivity contribution in [3.63, 3.8) is 0 Å². The van der Waals surface area contributed by atoms with Crippen molar-refractivity contribution in [1.82, 2.24) is 0 Å². The summed E-state index contributed by atoms with van der Waals surface area (Å²) in [5.41, 5.74) is 0.331. The molecule has 8 nitrogen and oxygen atoms in total. The number of aliphatic hydroxyl groups excluding tert-OH is 2. The number of carboxylic acid groups (broad SMARTS) is 3. The molecule has 1 aromatic carbocycles. The SMILES string of the molecule is O=C(O)/C=C\C(=O)O.O=C(O)c1ccccc1.OCCO. The summed E-state index contributed by atoms with van der Waals surface area (Å²) < 4.78 is 0. The van der Waals surface area contributed by atoms with Crippen LogP contribution in [0.5, 0.6) is 0 Å².